The van der Waals surface area contributed by atoms with Gasteiger partial charge in [-0.2, -0.15) is 9.13 Å². The Morgan fingerprint density at radius 3 is 1.18 bits per heavy atom. The second-order valence-corrected chi connectivity index (χ2v) is 17.7. The molecule has 10 nitrogen and oxygen atoms in total. The third kappa shape index (κ3) is 14.7. The highest BCUT2D eigenvalue weighted by molar-refractivity contribution is 8.76. The number of aryl methyl sites for hydroxylation is 2. The molecule has 2 aromatic heterocycles. The molecule has 4 aromatic rings. The van der Waals surface area contributed by atoms with Crippen molar-refractivity contribution >= 4 is 45.9 Å². The van der Waals surface area contributed by atoms with Crippen molar-refractivity contribution in [3.8, 4) is 34.5 Å². The van der Waals surface area contributed by atoms with E-state index in [2.05, 4.69) is 120 Å². The molecule has 4 rings (SSSR count). The summed E-state index contributed by atoms with van der Waals surface area (Å²) in [4.78, 5) is 4.79. The van der Waals surface area contributed by atoms with E-state index < -0.39 is 0 Å². The third-order valence-electron chi connectivity index (χ3n) is 10.7. The fraction of sp³-hybridized carbons (Fsp3) is 0.458. The molecule has 2 heterocycles. The summed E-state index contributed by atoms with van der Waals surface area (Å²) in [6, 6.07) is 21.7. The number of hydrogen-bond acceptors (Lipinski definition) is 10. The van der Waals surface area contributed by atoms with E-state index in [0.29, 0.717) is 46.6 Å². The predicted molar refractivity (Wildman–Crippen MR) is 251 cm³/mol. The summed E-state index contributed by atoms with van der Waals surface area (Å²) < 4.78 is 37.9. The highest BCUT2D eigenvalue weighted by atomic mass is 33.1. The summed E-state index contributed by atoms with van der Waals surface area (Å²) in [6.07, 6.45) is 19.7. The highest BCUT2D eigenvalue weighted by Crippen LogP contribution is 2.39. The monoisotopic (exact) mass is 860 g/mol. The highest BCUT2D eigenvalue weighted by Gasteiger charge is 2.18. The SMILES string of the molecule is COc1cc(/C=C/c2cccc[n+]2CCCC(CCSSCCC(CCC[n+]2ccccc2/C=C/c2cc(OC)c(OC)c(OC)c2)N(C)C)N(C)C)cc(OC)c1OC. The van der Waals surface area contributed by atoms with Crippen LogP contribution in [0.3, 0.4) is 0 Å². The van der Waals surface area contributed by atoms with Gasteiger partial charge in [-0.3, -0.25) is 0 Å². The molecule has 12 heteroatoms. The third-order valence-corrected chi connectivity index (χ3v) is 13.2. The van der Waals surface area contributed by atoms with Crippen LogP contribution in [0.4, 0.5) is 0 Å². The predicted octanol–water partition coefficient (Wildman–Crippen LogP) is 8.94. The van der Waals surface area contributed by atoms with Crippen LogP contribution in [0.2, 0.25) is 0 Å². The molecule has 326 valence electrons. The molecule has 0 spiro atoms. The van der Waals surface area contributed by atoms with Crippen molar-refractivity contribution in [2.45, 2.75) is 63.7 Å². The topological polar surface area (TPSA) is 69.6 Å². The maximum atomic E-state index is 5.55. The van der Waals surface area contributed by atoms with Crippen molar-refractivity contribution in [3.63, 3.8) is 0 Å². The summed E-state index contributed by atoms with van der Waals surface area (Å²) in [5.41, 5.74) is 4.27. The molecule has 0 aliphatic carbocycles. The first-order valence-electron chi connectivity index (χ1n) is 20.7. The lowest BCUT2D eigenvalue weighted by Gasteiger charge is -2.24. The van der Waals surface area contributed by atoms with Crippen LogP contribution >= 0.6 is 21.6 Å². The van der Waals surface area contributed by atoms with Crippen LogP contribution in [-0.4, -0.2) is 104 Å². The van der Waals surface area contributed by atoms with Crippen LogP contribution in [0, 0.1) is 0 Å². The second-order valence-electron chi connectivity index (χ2n) is 15.0. The molecule has 0 saturated carbocycles. The van der Waals surface area contributed by atoms with Gasteiger partial charge in [0, 0.05) is 72.8 Å². The molecule has 0 amide bonds. The first-order valence-corrected chi connectivity index (χ1v) is 23.1. The number of aromatic nitrogens is 2. The quantitative estimate of drug-likeness (QED) is 0.0330. The van der Waals surface area contributed by atoms with Crippen LogP contribution in [0.15, 0.2) is 73.1 Å². The van der Waals surface area contributed by atoms with E-state index in [9.17, 15) is 0 Å². The molecule has 0 radical (unpaired) electrons. The smallest absolute Gasteiger partial charge is 0.205 e. The van der Waals surface area contributed by atoms with Gasteiger partial charge < -0.3 is 38.2 Å². The van der Waals surface area contributed by atoms with E-state index in [-0.39, 0.29) is 0 Å². The maximum Gasteiger partial charge on any atom is 0.205 e. The van der Waals surface area contributed by atoms with Crippen LogP contribution in [-0.2, 0) is 13.1 Å². The number of nitrogens with zero attached hydrogens (tertiary/aromatic N) is 4. The van der Waals surface area contributed by atoms with Crippen molar-refractivity contribution in [2.75, 3.05) is 82.4 Å². The van der Waals surface area contributed by atoms with Gasteiger partial charge in [0.2, 0.25) is 22.9 Å². The van der Waals surface area contributed by atoms with Gasteiger partial charge in [0.1, 0.15) is 13.1 Å². The maximum absolute atomic E-state index is 5.55. The molecule has 0 N–H and O–H groups in total. The Labute approximate surface area is 367 Å². The molecule has 60 heavy (non-hydrogen) atoms. The summed E-state index contributed by atoms with van der Waals surface area (Å²) >= 11 is 0. The molecular formula is C48H68N4O6S2+2. The molecular weight excluding hydrogens is 793 g/mol. The summed E-state index contributed by atoms with van der Waals surface area (Å²) in [6.45, 7) is 1.92. The lowest BCUT2D eigenvalue weighted by Crippen LogP contribution is -2.37. The van der Waals surface area contributed by atoms with E-state index in [4.69, 9.17) is 28.4 Å². The first-order chi connectivity index (χ1) is 29.1. The summed E-state index contributed by atoms with van der Waals surface area (Å²) in [7, 11) is 22.7. The first kappa shape index (κ1) is 48.3. The Morgan fingerprint density at radius 2 is 0.867 bits per heavy atom. The van der Waals surface area contributed by atoms with Crippen molar-refractivity contribution in [1.82, 2.24) is 9.80 Å². The largest absolute Gasteiger partial charge is 0.493 e. The average molecular weight is 861 g/mol. The Bertz CT molecular complexity index is 1770. The molecule has 2 aromatic carbocycles. The van der Waals surface area contributed by atoms with E-state index in [0.717, 1.165) is 72.8 Å². The minimum Gasteiger partial charge on any atom is -0.493 e. The van der Waals surface area contributed by atoms with Gasteiger partial charge in [0.15, 0.2) is 35.4 Å². The number of hydrogen-bond donors (Lipinski definition) is 0. The Kier molecular flexibility index (Phi) is 21.0. The Balaban J connectivity index is 1.20. The minimum atomic E-state index is 0.548. The zero-order chi connectivity index (χ0) is 43.3. The van der Waals surface area contributed by atoms with Crippen molar-refractivity contribution in [3.05, 3.63) is 95.6 Å². The normalized spacial score (nSPS) is 12.7. The van der Waals surface area contributed by atoms with Crippen LogP contribution in [0.1, 0.15) is 61.0 Å². The van der Waals surface area contributed by atoms with Crippen molar-refractivity contribution in [2.24, 2.45) is 0 Å². The van der Waals surface area contributed by atoms with Gasteiger partial charge >= 0.3 is 0 Å². The minimum absolute atomic E-state index is 0.548. The van der Waals surface area contributed by atoms with E-state index in [1.54, 1.807) is 42.7 Å². The van der Waals surface area contributed by atoms with Crippen LogP contribution < -0.4 is 37.6 Å². The molecule has 0 saturated heterocycles. The van der Waals surface area contributed by atoms with Gasteiger partial charge in [0.05, 0.1) is 42.7 Å². The van der Waals surface area contributed by atoms with Gasteiger partial charge in [-0.05, 0) is 114 Å². The van der Waals surface area contributed by atoms with Gasteiger partial charge in [-0.15, -0.1) is 0 Å². The molecule has 0 aliphatic rings. The summed E-state index contributed by atoms with van der Waals surface area (Å²) in [5.74, 6) is 6.07. The molecule has 2 unspecified atom stereocenters. The number of rotatable bonds is 27. The van der Waals surface area contributed by atoms with Crippen LogP contribution in [0.25, 0.3) is 24.3 Å². The Morgan fingerprint density at radius 1 is 0.500 bits per heavy atom. The standard InChI is InChI=1S/C48H68N4O6S2/c1-49(2)39(19-15-29-51-27-13-11-17-41(51)23-21-37-33-43(53-5)47(57-9)44(34-37)54-6)25-31-59-60-32-26-40(50(3)4)20-16-30-52-28-14-12-18-42(52)24-22-38-35-45(55-7)48(58-10)46(36-38)56-8/h11-14,17-18,21-24,27-28,33-36,39-40H,15-16,19-20,25-26,29-32H2,1-10H3/q+2/b23-21+,24-22+. The lowest BCUT2D eigenvalue weighted by atomic mass is 10.1. The number of ether oxygens (including phenoxy) is 6. The van der Waals surface area contributed by atoms with Crippen LogP contribution in [0.5, 0.6) is 34.5 Å². The van der Waals surface area contributed by atoms with E-state index in [1.807, 2.05) is 45.9 Å². The molecule has 0 bridgehead atoms. The fourth-order valence-corrected chi connectivity index (χ4v) is 9.51. The van der Waals surface area contributed by atoms with Gasteiger partial charge in [-0.25, -0.2) is 0 Å². The fourth-order valence-electron chi connectivity index (χ4n) is 7.25. The Hall–Kier alpha value is -4.36. The molecule has 2 atom stereocenters. The zero-order valence-corrected chi connectivity index (χ0v) is 39.2. The average Bonchev–Trinajstić information content (AvgIpc) is 3.26. The van der Waals surface area contributed by atoms with Crippen molar-refractivity contribution < 1.29 is 37.6 Å². The van der Waals surface area contributed by atoms with E-state index in [1.165, 1.54) is 12.8 Å². The van der Waals surface area contributed by atoms with Gasteiger partial charge in [0.25, 0.3) is 0 Å². The molecule has 0 fully saturated rings. The zero-order valence-electron chi connectivity index (χ0n) is 37.5. The second kappa shape index (κ2) is 26.1. The van der Waals surface area contributed by atoms with E-state index >= 15 is 0 Å². The number of pyridine rings is 2. The lowest BCUT2D eigenvalue weighted by molar-refractivity contribution is -0.699. The molecule has 0 aliphatic heterocycles. The number of benzene rings is 2. The summed E-state index contributed by atoms with van der Waals surface area (Å²) in [5, 5.41) is 0. The van der Waals surface area contributed by atoms with Gasteiger partial charge in [-0.1, -0.05) is 21.6 Å². The number of methoxy groups -OCH3 is 6. The van der Waals surface area contributed by atoms with Crippen molar-refractivity contribution in [1.29, 1.82) is 0 Å².